The van der Waals surface area contributed by atoms with Gasteiger partial charge in [-0.25, -0.2) is 9.78 Å². The molecule has 0 amide bonds. The molecular weight excluding hydrogens is 248 g/mol. The first kappa shape index (κ1) is 10.7. The van der Waals surface area contributed by atoms with E-state index in [1.54, 1.807) is 6.08 Å². The number of carboxylic acid groups (broad SMARTS) is 1. The van der Waals surface area contributed by atoms with Crippen LogP contribution in [0.5, 0.6) is 0 Å². The van der Waals surface area contributed by atoms with E-state index in [-0.39, 0.29) is 5.56 Å². The number of hydrogen-bond acceptors (Lipinski definition) is 3. The van der Waals surface area contributed by atoms with Crippen LogP contribution in [0.1, 0.15) is 10.4 Å². The van der Waals surface area contributed by atoms with Crippen LogP contribution in [-0.2, 0) is 0 Å². The van der Waals surface area contributed by atoms with Gasteiger partial charge in [-0.05, 0) is 22.0 Å². The zero-order chi connectivity index (χ0) is 10.6. The highest BCUT2D eigenvalue weighted by atomic mass is 79.9. The predicted molar refractivity (Wildman–Crippen MR) is 57.6 cm³/mol. The molecule has 0 aliphatic rings. The number of carboxylic acids is 1. The molecule has 0 aromatic carbocycles. The van der Waals surface area contributed by atoms with E-state index >= 15 is 0 Å². The Balaban J connectivity index is 3.01. The number of carbonyl (C=O) groups is 1. The Morgan fingerprint density at radius 1 is 1.79 bits per heavy atom. The van der Waals surface area contributed by atoms with E-state index in [1.165, 1.54) is 12.3 Å². The van der Waals surface area contributed by atoms with Crippen LogP contribution in [-0.4, -0.2) is 22.6 Å². The quantitative estimate of drug-likeness (QED) is 0.811. The molecule has 4 nitrogen and oxygen atoms in total. The first-order valence-electron chi connectivity index (χ1n) is 3.88. The number of nitrogens with one attached hydrogen (secondary N) is 1. The second kappa shape index (κ2) is 4.76. The van der Waals surface area contributed by atoms with E-state index in [2.05, 4.69) is 32.8 Å². The predicted octanol–water partition coefficient (Wildman–Crippen LogP) is 2.14. The summed E-state index contributed by atoms with van der Waals surface area (Å²) in [7, 11) is 0. The van der Waals surface area contributed by atoms with Gasteiger partial charge in [0.2, 0.25) is 0 Å². The minimum absolute atomic E-state index is 0.140. The third-order valence-corrected chi connectivity index (χ3v) is 1.93. The molecule has 0 aliphatic carbocycles. The van der Waals surface area contributed by atoms with Gasteiger partial charge in [-0.1, -0.05) is 6.08 Å². The molecule has 74 valence electrons. The number of pyridine rings is 1. The molecule has 1 aromatic rings. The maximum atomic E-state index is 10.8. The van der Waals surface area contributed by atoms with Crippen molar-refractivity contribution >= 4 is 27.7 Å². The monoisotopic (exact) mass is 256 g/mol. The van der Waals surface area contributed by atoms with Crippen molar-refractivity contribution in [2.45, 2.75) is 0 Å². The summed E-state index contributed by atoms with van der Waals surface area (Å²) in [4.78, 5) is 14.8. The lowest BCUT2D eigenvalue weighted by Gasteiger charge is -2.06. The minimum atomic E-state index is -1.01. The fourth-order valence-corrected chi connectivity index (χ4v) is 1.24. The summed E-state index contributed by atoms with van der Waals surface area (Å²) >= 11 is 3.16. The molecule has 0 spiro atoms. The van der Waals surface area contributed by atoms with Crippen LogP contribution < -0.4 is 5.32 Å². The molecule has 0 fully saturated rings. The second-order valence-electron chi connectivity index (χ2n) is 2.52. The average molecular weight is 257 g/mol. The molecule has 0 radical (unpaired) electrons. The molecule has 0 bridgehead atoms. The van der Waals surface area contributed by atoms with Crippen molar-refractivity contribution in [3.63, 3.8) is 0 Å². The lowest BCUT2D eigenvalue weighted by atomic mass is 10.2. The molecule has 0 saturated carbocycles. The number of hydrogen-bond donors (Lipinski definition) is 2. The summed E-state index contributed by atoms with van der Waals surface area (Å²) < 4.78 is 0.638. The molecule has 5 heteroatoms. The maximum absolute atomic E-state index is 10.8. The molecule has 1 heterocycles. The van der Waals surface area contributed by atoms with Crippen LogP contribution in [0.2, 0.25) is 0 Å². The van der Waals surface area contributed by atoms with E-state index in [1.807, 2.05) is 0 Å². The van der Waals surface area contributed by atoms with Crippen molar-refractivity contribution in [3.05, 3.63) is 35.0 Å². The van der Waals surface area contributed by atoms with Crippen LogP contribution >= 0.6 is 15.9 Å². The first-order chi connectivity index (χ1) is 6.65. The van der Waals surface area contributed by atoms with Gasteiger partial charge in [-0.15, -0.1) is 6.58 Å². The summed E-state index contributed by atoms with van der Waals surface area (Å²) in [5, 5.41) is 11.7. The van der Waals surface area contributed by atoms with Gasteiger partial charge in [0.05, 0.1) is 0 Å². The molecular formula is C9H9BrN2O2. The van der Waals surface area contributed by atoms with Gasteiger partial charge in [0, 0.05) is 17.2 Å². The lowest BCUT2D eigenvalue weighted by molar-refractivity contribution is 0.0697. The second-order valence-corrected chi connectivity index (χ2v) is 3.44. The summed E-state index contributed by atoms with van der Waals surface area (Å²) in [6, 6.07) is 1.50. The molecule has 0 atom stereocenters. The zero-order valence-corrected chi connectivity index (χ0v) is 8.91. The Kier molecular flexibility index (Phi) is 3.64. The molecule has 1 aromatic heterocycles. The lowest BCUT2D eigenvalue weighted by Crippen LogP contribution is -2.08. The molecule has 0 saturated heterocycles. The highest BCUT2D eigenvalue weighted by Crippen LogP contribution is 2.17. The molecule has 1 rings (SSSR count). The van der Waals surface area contributed by atoms with Gasteiger partial charge in [-0.2, -0.15) is 0 Å². The van der Waals surface area contributed by atoms with Gasteiger partial charge < -0.3 is 10.4 Å². The highest BCUT2D eigenvalue weighted by Gasteiger charge is 2.10. The summed E-state index contributed by atoms with van der Waals surface area (Å²) in [6.45, 7) is 4.00. The largest absolute Gasteiger partial charge is 0.478 e. The molecule has 2 N–H and O–H groups in total. The van der Waals surface area contributed by atoms with Gasteiger partial charge in [0.15, 0.2) is 0 Å². The first-order valence-corrected chi connectivity index (χ1v) is 4.68. The average Bonchev–Trinajstić information content (AvgIpc) is 2.15. The number of halogens is 1. The van der Waals surface area contributed by atoms with Crippen molar-refractivity contribution in [3.8, 4) is 0 Å². The summed E-state index contributed by atoms with van der Waals surface area (Å²) in [5.41, 5.74) is 0.140. The summed E-state index contributed by atoms with van der Waals surface area (Å²) in [5.74, 6) is -0.661. The van der Waals surface area contributed by atoms with Crippen molar-refractivity contribution in [1.29, 1.82) is 0 Å². The number of rotatable bonds is 4. The van der Waals surface area contributed by atoms with Crippen molar-refractivity contribution < 1.29 is 9.90 Å². The number of anilines is 1. The van der Waals surface area contributed by atoms with Crippen LogP contribution in [0.3, 0.4) is 0 Å². The van der Waals surface area contributed by atoms with Gasteiger partial charge in [-0.3, -0.25) is 0 Å². The van der Waals surface area contributed by atoms with Gasteiger partial charge in [0.1, 0.15) is 11.4 Å². The Bertz CT molecular complexity index is 366. The number of aromatic nitrogens is 1. The Labute approximate surface area is 89.8 Å². The molecule has 14 heavy (non-hydrogen) atoms. The Morgan fingerprint density at radius 3 is 3.07 bits per heavy atom. The van der Waals surface area contributed by atoms with Crippen molar-refractivity contribution in [1.82, 2.24) is 4.98 Å². The zero-order valence-electron chi connectivity index (χ0n) is 7.33. The summed E-state index contributed by atoms with van der Waals surface area (Å²) in [6.07, 6.45) is 3.17. The van der Waals surface area contributed by atoms with E-state index in [4.69, 9.17) is 5.11 Å². The Morgan fingerprint density at radius 2 is 2.50 bits per heavy atom. The maximum Gasteiger partial charge on any atom is 0.339 e. The van der Waals surface area contributed by atoms with Crippen LogP contribution in [0.25, 0.3) is 0 Å². The van der Waals surface area contributed by atoms with Crippen molar-refractivity contribution in [2.75, 3.05) is 11.9 Å². The normalized spacial score (nSPS) is 9.50. The SMILES string of the molecule is C=CCNc1ncc(Br)cc1C(=O)O. The van der Waals surface area contributed by atoms with Crippen LogP contribution in [0.15, 0.2) is 29.4 Å². The standard InChI is InChI=1S/C9H9BrN2O2/c1-2-3-11-8-7(9(13)14)4-6(10)5-12-8/h2,4-5H,1,3H2,(H,11,12)(H,13,14). The topological polar surface area (TPSA) is 62.2 Å². The minimum Gasteiger partial charge on any atom is -0.478 e. The Hall–Kier alpha value is -1.36. The number of aromatic carboxylic acids is 1. The number of nitrogens with zero attached hydrogens (tertiary/aromatic N) is 1. The third-order valence-electron chi connectivity index (χ3n) is 1.50. The van der Waals surface area contributed by atoms with E-state index < -0.39 is 5.97 Å². The van der Waals surface area contributed by atoms with Gasteiger partial charge in [0.25, 0.3) is 0 Å². The van der Waals surface area contributed by atoms with E-state index in [0.29, 0.717) is 16.8 Å². The van der Waals surface area contributed by atoms with E-state index in [9.17, 15) is 4.79 Å². The van der Waals surface area contributed by atoms with Crippen molar-refractivity contribution in [2.24, 2.45) is 0 Å². The third kappa shape index (κ3) is 2.56. The van der Waals surface area contributed by atoms with Crippen LogP contribution in [0, 0.1) is 0 Å². The molecule has 0 unspecified atom stereocenters. The fraction of sp³-hybridized carbons (Fsp3) is 0.111. The van der Waals surface area contributed by atoms with Crippen LogP contribution in [0.4, 0.5) is 5.82 Å². The highest BCUT2D eigenvalue weighted by molar-refractivity contribution is 9.10. The van der Waals surface area contributed by atoms with Gasteiger partial charge >= 0.3 is 5.97 Å². The fourth-order valence-electron chi connectivity index (χ4n) is 0.912. The smallest absolute Gasteiger partial charge is 0.339 e. The van der Waals surface area contributed by atoms with E-state index in [0.717, 1.165) is 0 Å². The molecule has 0 aliphatic heterocycles.